The van der Waals surface area contributed by atoms with Crippen LogP contribution in [0.25, 0.3) is 0 Å². The number of carbonyl (C=O) groups excluding carboxylic acids is 1. The highest BCUT2D eigenvalue weighted by molar-refractivity contribution is 5.90. The summed E-state index contributed by atoms with van der Waals surface area (Å²) >= 11 is 0. The average molecular weight is 300 g/mol. The molecule has 2 unspecified atom stereocenters. The van der Waals surface area contributed by atoms with Crippen molar-refractivity contribution < 1.29 is 9.53 Å². The Morgan fingerprint density at radius 2 is 1.91 bits per heavy atom. The van der Waals surface area contributed by atoms with Gasteiger partial charge in [0.15, 0.2) is 0 Å². The van der Waals surface area contributed by atoms with Gasteiger partial charge in [0, 0.05) is 5.69 Å². The molecule has 3 fully saturated rings. The van der Waals surface area contributed by atoms with Crippen LogP contribution in [0.4, 0.5) is 10.5 Å². The number of nitrogens with one attached hydrogen (secondary N) is 1. The molecule has 4 nitrogen and oxygen atoms in total. The molecule has 1 aliphatic carbocycles. The fourth-order valence-electron chi connectivity index (χ4n) is 4.93. The van der Waals surface area contributed by atoms with Crippen molar-refractivity contribution in [2.45, 2.75) is 38.1 Å². The van der Waals surface area contributed by atoms with Crippen LogP contribution in [-0.4, -0.2) is 31.8 Å². The third kappa shape index (κ3) is 2.21. The predicted molar refractivity (Wildman–Crippen MR) is 85.9 cm³/mol. The second-order valence-electron chi connectivity index (χ2n) is 6.96. The number of piperidine rings is 1. The minimum Gasteiger partial charge on any atom is -0.447 e. The van der Waals surface area contributed by atoms with Crippen LogP contribution in [-0.2, 0) is 4.74 Å². The number of rotatable bonds is 2. The summed E-state index contributed by atoms with van der Waals surface area (Å²) in [5, 5.41) is 3.49. The summed E-state index contributed by atoms with van der Waals surface area (Å²) in [6.45, 7) is 2.78. The second kappa shape index (κ2) is 5.58. The Bertz CT molecular complexity index is 539. The molecular formula is C18H24N2O2. The van der Waals surface area contributed by atoms with E-state index in [1.54, 1.807) is 0 Å². The summed E-state index contributed by atoms with van der Waals surface area (Å²) in [5.74, 6) is 0.571. The molecule has 4 rings (SSSR count). The van der Waals surface area contributed by atoms with Gasteiger partial charge in [0.05, 0.1) is 6.04 Å². The molecule has 1 aromatic carbocycles. The minimum absolute atomic E-state index is 0.174. The second-order valence-corrected chi connectivity index (χ2v) is 6.96. The highest BCUT2D eigenvalue weighted by Crippen LogP contribution is 2.52. The SMILES string of the molecule is O=C1OCC(C2CCCC23CCNCC3)N1c1ccccc1. The Hall–Kier alpha value is -1.55. The first-order chi connectivity index (χ1) is 10.8. The molecule has 1 spiro atoms. The van der Waals surface area contributed by atoms with E-state index < -0.39 is 0 Å². The Labute approximate surface area is 131 Å². The highest BCUT2D eigenvalue weighted by atomic mass is 16.6. The van der Waals surface area contributed by atoms with Crippen molar-refractivity contribution in [3.8, 4) is 0 Å². The van der Waals surface area contributed by atoms with Gasteiger partial charge in [-0.2, -0.15) is 0 Å². The van der Waals surface area contributed by atoms with Crippen LogP contribution in [0.1, 0.15) is 32.1 Å². The lowest BCUT2D eigenvalue weighted by Crippen LogP contribution is -2.48. The summed E-state index contributed by atoms with van der Waals surface area (Å²) < 4.78 is 5.45. The zero-order valence-electron chi connectivity index (χ0n) is 13.0. The van der Waals surface area contributed by atoms with Crippen molar-refractivity contribution in [3.63, 3.8) is 0 Å². The maximum atomic E-state index is 12.3. The van der Waals surface area contributed by atoms with Crippen molar-refractivity contribution in [1.82, 2.24) is 5.32 Å². The number of amides is 1. The molecule has 1 aromatic rings. The van der Waals surface area contributed by atoms with Gasteiger partial charge < -0.3 is 10.1 Å². The van der Waals surface area contributed by atoms with Gasteiger partial charge in [-0.15, -0.1) is 0 Å². The van der Waals surface area contributed by atoms with Gasteiger partial charge in [-0.1, -0.05) is 24.6 Å². The molecule has 4 heteroatoms. The molecule has 2 atom stereocenters. The quantitative estimate of drug-likeness (QED) is 0.912. The summed E-state index contributed by atoms with van der Waals surface area (Å²) in [6, 6.07) is 10.2. The Balaban J connectivity index is 1.64. The van der Waals surface area contributed by atoms with Crippen LogP contribution < -0.4 is 10.2 Å². The molecule has 1 N–H and O–H groups in total. The van der Waals surface area contributed by atoms with Crippen molar-refractivity contribution in [2.75, 3.05) is 24.6 Å². The van der Waals surface area contributed by atoms with Gasteiger partial charge in [0.2, 0.25) is 0 Å². The first-order valence-electron chi connectivity index (χ1n) is 8.52. The number of benzene rings is 1. The smallest absolute Gasteiger partial charge is 0.414 e. The largest absolute Gasteiger partial charge is 0.447 e. The van der Waals surface area contributed by atoms with Gasteiger partial charge in [0.1, 0.15) is 6.61 Å². The molecule has 0 radical (unpaired) electrons. The Kier molecular flexibility index (Phi) is 3.57. The number of carbonyl (C=O) groups is 1. The van der Waals surface area contributed by atoms with Crippen molar-refractivity contribution in [3.05, 3.63) is 30.3 Å². The van der Waals surface area contributed by atoms with E-state index in [-0.39, 0.29) is 12.1 Å². The zero-order valence-corrected chi connectivity index (χ0v) is 13.0. The van der Waals surface area contributed by atoms with Gasteiger partial charge in [-0.3, -0.25) is 4.90 Å². The summed E-state index contributed by atoms with van der Waals surface area (Å²) in [7, 11) is 0. The first kappa shape index (κ1) is 14.1. The van der Waals surface area contributed by atoms with Crippen molar-refractivity contribution in [1.29, 1.82) is 0 Å². The Morgan fingerprint density at radius 3 is 2.68 bits per heavy atom. The van der Waals surface area contributed by atoms with E-state index in [2.05, 4.69) is 5.32 Å². The molecule has 22 heavy (non-hydrogen) atoms. The van der Waals surface area contributed by atoms with Crippen LogP contribution in [0.2, 0.25) is 0 Å². The maximum absolute atomic E-state index is 12.3. The molecule has 2 aliphatic heterocycles. The fraction of sp³-hybridized carbons (Fsp3) is 0.611. The van der Waals surface area contributed by atoms with Crippen LogP contribution >= 0.6 is 0 Å². The van der Waals surface area contributed by atoms with Gasteiger partial charge in [-0.05, 0) is 62.2 Å². The maximum Gasteiger partial charge on any atom is 0.414 e. The van der Waals surface area contributed by atoms with Gasteiger partial charge >= 0.3 is 6.09 Å². The van der Waals surface area contributed by atoms with E-state index >= 15 is 0 Å². The van der Waals surface area contributed by atoms with Crippen molar-refractivity contribution >= 4 is 11.8 Å². The molecule has 3 aliphatic rings. The minimum atomic E-state index is -0.174. The third-order valence-corrected chi connectivity index (χ3v) is 5.98. The normalized spacial score (nSPS) is 30.7. The number of cyclic esters (lactones) is 1. The van der Waals surface area contributed by atoms with Gasteiger partial charge in [-0.25, -0.2) is 4.79 Å². The van der Waals surface area contributed by atoms with E-state index in [9.17, 15) is 4.79 Å². The molecule has 118 valence electrons. The van der Waals surface area contributed by atoms with E-state index in [1.165, 1.54) is 32.1 Å². The molecule has 0 bridgehead atoms. The monoisotopic (exact) mass is 300 g/mol. The summed E-state index contributed by atoms with van der Waals surface area (Å²) in [5.41, 5.74) is 1.39. The lowest BCUT2D eigenvalue weighted by Gasteiger charge is -2.43. The molecule has 1 saturated carbocycles. The first-order valence-corrected chi connectivity index (χ1v) is 8.52. The topological polar surface area (TPSA) is 41.6 Å². The molecule has 2 saturated heterocycles. The zero-order chi connectivity index (χ0) is 15.0. The highest BCUT2D eigenvalue weighted by Gasteiger charge is 2.51. The van der Waals surface area contributed by atoms with E-state index in [1.807, 2.05) is 35.2 Å². The fourth-order valence-corrected chi connectivity index (χ4v) is 4.93. The van der Waals surface area contributed by atoms with Crippen LogP contribution in [0.5, 0.6) is 0 Å². The van der Waals surface area contributed by atoms with E-state index in [0.717, 1.165) is 18.8 Å². The van der Waals surface area contributed by atoms with E-state index in [4.69, 9.17) is 4.74 Å². The van der Waals surface area contributed by atoms with Gasteiger partial charge in [0.25, 0.3) is 0 Å². The number of nitrogens with zero attached hydrogens (tertiary/aromatic N) is 1. The predicted octanol–water partition coefficient (Wildman–Crippen LogP) is 3.18. The summed E-state index contributed by atoms with van der Waals surface area (Å²) in [6.07, 6.45) is 6.14. The standard InChI is InChI=1S/C18H24N2O2/c21-17-20(14-5-2-1-3-6-14)16(13-22-17)15-7-4-8-18(15)9-11-19-12-10-18/h1-3,5-6,15-16,19H,4,7-13H2. The number of ether oxygens (including phenoxy) is 1. The van der Waals surface area contributed by atoms with Crippen LogP contribution in [0, 0.1) is 11.3 Å². The van der Waals surface area contributed by atoms with Crippen LogP contribution in [0.15, 0.2) is 30.3 Å². The lowest BCUT2D eigenvalue weighted by atomic mass is 9.68. The third-order valence-electron chi connectivity index (χ3n) is 5.98. The van der Waals surface area contributed by atoms with E-state index in [0.29, 0.717) is 17.9 Å². The Morgan fingerprint density at radius 1 is 1.14 bits per heavy atom. The number of hydrogen-bond acceptors (Lipinski definition) is 3. The summed E-state index contributed by atoms with van der Waals surface area (Å²) in [4.78, 5) is 14.2. The lowest BCUT2D eigenvalue weighted by molar-refractivity contribution is 0.109. The number of anilines is 1. The molecular weight excluding hydrogens is 276 g/mol. The molecule has 1 amide bonds. The number of hydrogen-bond donors (Lipinski definition) is 1. The molecule has 2 heterocycles. The molecule has 0 aromatic heterocycles. The number of para-hydroxylation sites is 1. The van der Waals surface area contributed by atoms with Crippen LogP contribution in [0.3, 0.4) is 0 Å². The average Bonchev–Trinajstić information content (AvgIpc) is 3.12. The van der Waals surface area contributed by atoms with Crippen molar-refractivity contribution in [2.24, 2.45) is 11.3 Å².